The predicted octanol–water partition coefficient (Wildman–Crippen LogP) is 3.35. The lowest BCUT2D eigenvalue weighted by Gasteiger charge is -2.34. The van der Waals surface area contributed by atoms with Crippen molar-refractivity contribution in [2.24, 2.45) is 0 Å². The zero-order valence-corrected chi connectivity index (χ0v) is 15.6. The number of non-ortho nitro benzene ring substituents is 1. The number of hydrogen-bond acceptors (Lipinski definition) is 6. The van der Waals surface area contributed by atoms with E-state index in [1.165, 1.54) is 18.2 Å². The summed E-state index contributed by atoms with van der Waals surface area (Å²) in [4.78, 5) is 25.1. The first-order valence-corrected chi connectivity index (χ1v) is 8.97. The van der Waals surface area contributed by atoms with E-state index in [1.54, 1.807) is 11.0 Å². The minimum absolute atomic E-state index is 0.0821. The van der Waals surface area contributed by atoms with Crippen LogP contribution in [0.2, 0.25) is 0 Å². The van der Waals surface area contributed by atoms with Gasteiger partial charge in [0, 0.05) is 30.8 Å². The third-order valence-corrected chi connectivity index (χ3v) is 4.51. The molecule has 1 fully saturated rings. The van der Waals surface area contributed by atoms with Crippen LogP contribution in [0.15, 0.2) is 42.5 Å². The van der Waals surface area contributed by atoms with Crippen molar-refractivity contribution in [1.29, 1.82) is 0 Å². The van der Waals surface area contributed by atoms with Crippen LogP contribution in [-0.4, -0.2) is 48.6 Å². The largest absolute Gasteiger partial charge is 0.433 e. The molecule has 30 heavy (non-hydrogen) atoms. The summed E-state index contributed by atoms with van der Waals surface area (Å²) in [5.41, 5.74) is -0.663. The molecule has 160 valence electrons. The highest BCUT2D eigenvalue weighted by Gasteiger charge is 2.32. The molecule has 3 rings (SSSR count). The standard InChI is InChI=1S/C19H18F3N3O5/c20-14-4-2-1-3-13(14)17(24-7-9-29-10-8-24)18(26)23-15-11-12(25(27)28)5-6-16(15)30-19(21)22/h1-6,11,17,19H,7-10H2,(H,23,26)/t17-/m1/s1. The zero-order valence-electron chi connectivity index (χ0n) is 15.6. The Bertz CT molecular complexity index is 922. The first-order valence-electron chi connectivity index (χ1n) is 8.97. The van der Waals surface area contributed by atoms with E-state index in [4.69, 9.17) is 4.74 Å². The number of halogens is 3. The lowest BCUT2D eigenvalue weighted by molar-refractivity contribution is -0.384. The van der Waals surface area contributed by atoms with E-state index in [-0.39, 0.29) is 11.3 Å². The maximum Gasteiger partial charge on any atom is 0.387 e. The quantitative estimate of drug-likeness (QED) is 0.540. The average molecular weight is 425 g/mol. The van der Waals surface area contributed by atoms with Gasteiger partial charge in [0.05, 0.1) is 23.8 Å². The van der Waals surface area contributed by atoms with Crippen molar-refractivity contribution in [2.75, 3.05) is 31.6 Å². The first-order chi connectivity index (χ1) is 14.4. The highest BCUT2D eigenvalue weighted by atomic mass is 19.3. The highest BCUT2D eigenvalue weighted by Crippen LogP contribution is 2.33. The molecule has 1 aliphatic rings. The molecule has 11 heteroatoms. The van der Waals surface area contributed by atoms with Gasteiger partial charge in [0.1, 0.15) is 17.6 Å². The second-order valence-electron chi connectivity index (χ2n) is 6.38. The number of carbonyl (C=O) groups is 1. The van der Waals surface area contributed by atoms with Crippen molar-refractivity contribution < 1.29 is 32.4 Å². The molecule has 1 aliphatic heterocycles. The Morgan fingerprint density at radius 3 is 2.53 bits per heavy atom. The average Bonchev–Trinajstić information content (AvgIpc) is 2.71. The zero-order chi connectivity index (χ0) is 21.7. The van der Waals surface area contributed by atoms with Crippen molar-refractivity contribution in [3.63, 3.8) is 0 Å². The number of rotatable bonds is 7. The van der Waals surface area contributed by atoms with Gasteiger partial charge in [-0.25, -0.2) is 4.39 Å². The smallest absolute Gasteiger partial charge is 0.387 e. The third kappa shape index (κ3) is 5.05. The molecule has 2 aromatic carbocycles. The minimum Gasteiger partial charge on any atom is -0.433 e. The van der Waals surface area contributed by atoms with E-state index in [2.05, 4.69) is 10.1 Å². The second kappa shape index (κ2) is 9.55. The van der Waals surface area contributed by atoms with E-state index < -0.39 is 40.7 Å². The Morgan fingerprint density at radius 2 is 1.90 bits per heavy atom. The Hall–Kier alpha value is -3.18. The molecule has 1 N–H and O–H groups in total. The number of carbonyl (C=O) groups excluding carboxylic acids is 1. The number of anilines is 1. The topological polar surface area (TPSA) is 93.9 Å². The van der Waals surface area contributed by atoms with Crippen LogP contribution in [-0.2, 0) is 9.53 Å². The van der Waals surface area contributed by atoms with Crippen molar-refractivity contribution in [2.45, 2.75) is 12.7 Å². The normalized spacial score (nSPS) is 15.6. The van der Waals surface area contributed by atoms with Gasteiger partial charge >= 0.3 is 6.61 Å². The summed E-state index contributed by atoms with van der Waals surface area (Å²) in [7, 11) is 0. The van der Waals surface area contributed by atoms with E-state index in [9.17, 15) is 28.1 Å². The van der Waals surface area contributed by atoms with Crippen LogP contribution in [0.4, 0.5) is 24.5 Å². The number of nitro groups is 1. The van der Waals surface area contributed by atoms with Gasteiger partial charge in [-0.1, -0.05) is 18.2 Å². The number of amides is 1. The maximum absolute atomic E-state index is 14.5. The molecule has 0 bridgehead atoms. The lowest BCUT2D eigenvalue weighted by Crippen LogP contribution is -2.44. The summed E-state index contributed by atoms with van der Waals surface area (Å²) >= 11 is 0. The molecule has 0 aromatic heterocycles. The summed E-state index contributed by atoms with van der Waals surface area (Å²) in [6, 6.07) is 7.44. The van der Waals surface area contributed by atoms with Gasteiger partial charge in [-0.3, -0.25) is 19.8 Å². The summed E-state index contributed by atoms with van der Waals surface area (Å²) < 4.78 is 49.5. The fraction of sp³-hybridized carbons (Fsp3) is 0.316. The summed E-state index contributed by atoms with van der Waals surface area (Å²) in [5.74, 6) is -1.81. The lowest BCUT2D eigenvalue weighted by atomic mass is 10.0. The number of alkyl halides is 2. The number of morpholine rings is 1. The van der Waals surface area contributed by atoms with E-state index >= 15 is 0 Å². The van der Waals surface area contributed by atoms with Crippen molar-refractivity contribution in [3.05, 3.63) is 64.0 Å². The van der Waals surface area contributed by atoms with Gasteiger partial charge in [-0.2, -0.15) is 8.78 Å². The molecule has 1 amide bonds. The summed E-state index contributed by atoms with van der Waals surface area (Å²) in [6.45, 7) is -1.88. The number of hydrogen-bond donors (Lipinski definition) is 1. The van der Waals surface area contributed by atoms with Crippen LogP contribution >= 0.6 is 0 Å². The van der Waals surface area contributed by atoms with E-state index in [0.29, 0.717) is 26.3 Å². The number of nitrogens with one attached hydrogen (secondary N) is 1. The Balaban J connectivity index is 1.96. The number of ether oxygens (including phenoxy) is 2. The molecule has 0 radical (unpaired) electrons. The van der Waals surface area contributed by atoms with Gasteiger partial charge in [0.25, 0.3) is 5.69 Å². The molecule has 1 atom stereocenters. The molecule has 2 aromatic rings. The summed E-state index contributed by atoms with van der Waals surface area (Å²) in [6.07, 6.45) is 0. The SMILES string of the molecule is O=C(Nc1cc([N+](=O)[O-])ccc1OC(F)F)[C@@H](c1ccccc1F)N1CCOCC1. The predicted molar refractivity (Wildman–Crippen MR) is 99.9 cm³/mol. The molecule has 8 nitrogen and oxygen atoms in total. The molecule has 0 spiro atoms. The molecular weight excluding hydrogens is 407 g/mol. The third-order valence-electron chi connectivity index (χ3n) is 4.51. The second-order valence-corrected chi connectivity index (χ2v) is 6.38. The molecule has 1 heterocycles. The fourth-order valence-corrected chi connectivity index (χ4v) is 3.17. The molecule has 0 unspecified atom stereocenters. The monoisotopic (exact) mass is 425 g/mol. The first kappa shape index (κ1) is 21.5. The highest BCUT2D eigenvalue weighted by molar-refractivity contribution is 5.97. The van der Waals surface area contributed by atoms with Crippen molar-refractivity contribution >= 4 is 17.3 Å². The Morgan fingerprint density at radius 1 is 1.20 bits per heavy atom. The fourth-order valence-electron chi connectivity index (χ4n) is 3.17. The van der Waals surface area contributed by atoms with Crippen molar-refractivity contribution in [1.82, 2.24) is 4.90 Å². The molecule has 0 saturated carbocycles. The number of nitro benzene ring substituents is 1. The molecule has 0 aliphatic carbocycles. The van der Waals surface area contributed by atoms with Gasteiger partial charge in [-0.05, 0) is 12.1 Å². The van der Waals surface area contributed by atoms with Crippen LogP contribution in [0.3, 0.4) is 0 Å². The minimum atomic E-state index is -3.20. The van der Waals surface area contributed by atoms with E-state index in [1.807, 2.05) is 0 Å². The maximum atomic E-state index is 14.5. The van der Waals surface area contributed by atoms with Crippen LogP contribution in [0.5, 0.6) is 5.75 Å². The number of nitrogens with zero attached hydrogens (tertiary/aromatic N) is 2. The van der Waals surface area contributed by atoms with E-state index in [0.717, 1.165) is 18.2 Å². The van der Waals surface area contributed by atoms with Crippen LogP contribution in [0, 0.1) is 15.9 Å². The van der Waals surface area contributed by atoms with Gasteiger partial charge in [-0.15, -0.1) is 0 Å². The molecular formula is C19H18F3N3O5. The summed E-state index contributed by atoms with van der Waals surface area (Å²) in [5, 5.41) is 13.4. The number of benzene rings is 2. The Labute approximate surface area is 169 Å². The van der Waals surface area contributed by atoms with Crippen LogP contribution in [0.25, 0.3) is 0 Å². The van der Waals surface area contributed by atoms with Crippen LogP contribution in [0.1, 0.15) is 11.6 Å². The van der Waals surface area contributed by atoms with Crippen molar-refractivity contribution in [3.8, 4) is 5.75 Å². The Kier molecular flexibility index (Phi) is 6.85. The van der Waals surface area contributed by atoms with Gasteiger partial charge < -0.3 is 14.8 Å². The van der Waals surface area contributed by atoms with Gasteiger partial charge in [0.15, 0.2) is 0 Å². The van der Waals surface area contributed by atoms with Crippen LogP contribution < -0.4 is 10.1 Å². The van der Waals surface area contributed by atoms with Gasteiger partial charge in [0.2, 0.25) is 5.91 Å². The molecule has 1 saturated heterocycles.